The van der Waals surface area contributed by atoms with Crippen LogP contribution in [0.5, 0.6) is 0 Å². The highest BCUT2D eigenvalue weighted by molar-refractivity contribution is 5.82. The number of hydrogen-bond donors (Lipinski definition) is 1. The van der Waals surface area contributed by atoms with Crippen LogP contribution in [0.1, 0.15) is 0 Å². The van der Waals surface area contributed by atoms with Crippen molar-refractivity contribution in [2.24, 2.45) is 0 Å². The highest BCUT2D eigenvalue weighted by Crippen LogP contribution is 2.27. The van der Waals surface area contributed by atoms with Crippen molar-refractivity contribution in [3.63, 3.8) is 0 Å². The summed E-state index contributed by atoms with van der Waals surface area (Å²) in [5.41, 5.74) is 1.85. The number of carbonyl (C=O) groups excluding carboxylic acids is 1. The number of rotatable bonds is 4. The van der Waals surface area contributed by atoms with Gasteiger partial charge in [-0.25, -0.2) is 0 Å². The van der Waals surface area contributed by atoms with Crippen molar-refractivity contribution < 1.29 is 9.32 Å². The Bertz CT molecular complexity index is 520. The van der Waals surface area contributed by atoms with Gasteiger partial charge in [0.05, 0.1) is 18.3 Å². The molecule has 0 fully saturated rings. The molecule has 5 heteroatoms. The van der Waals surface area contributed by atoms with Crippen molar-refractivity contribution >= 4 is 11.8 Å². The second-order valence-electron chi connectivity index (χ2n) is 4.08. The van der Waals surface area contributed by atoms with Gasteiger partial charge in [-0.05, 0) is 5.56 Å². The number of carbonyl (C=O) groups is 1. The predicted molar refractivity (Wildman–Crippen MR) is 69.1 cm³/mol. The molecule has 0 bridgehead atoms. The van der Waals surface area contributed by atoms with E-state index in [0.29, 0.717) is 5.88 Å². The maximum Gasteiger partial charge on any atom is 0.241 e. The van der Waals surface area contributed by atoms with Gasteiger partial charge in [-0.3, -0.25) is 4.79 Å². The number of aromatic nitrogens is 1. The molecule has 0 aliphatic rings. The second kappa shape index (κ2) is 5.35. The zero-order chi connectivity index (χ0) is 13.0. The van der Waals surface area contributed by atoms with Crippen molar-refractivity contribution in [1.29, 1.82) is 0 Å². The molecule has 0 aliphatic carbocycles. The lowest BCUT2D eigenvalue weighted by molar-refractivity contribution is -0.126. The minimum atomic E-state index is -0.0228. The van der Waals surface area contributed by atoms with Crippen LogP contribution in [0, 0.1) is 0 Å². The molecule has 0 unspecified atom stereocenters. The largest absolute Gasteiger partial charge is 0.347 e. The van der Waals surface area contributed by atoms with Gasteiger partial charge in [0.15, 0.2) is 0 Å². The first-order valence-corrected chi connectivity index (χ1v) is 5.62. The summed E-state index contributed by atoms with van der Waals surface area (Å²) in [5, 5.41) is 6.71. The van der Waals surface area contributed by atoms with E-state index in [4.69, 9.17) is 4.52 Å². The lowest BCUT2D eigenvalue weighted by Gasteiger charge is -2.10. The highest BCUT2D eigenvalue weighted by atomic mass is 16.5. The zero-order valence-electron chi connectivity index (χ0n) is 10.4. The molecule has 1 aromatic heterocycles. The number of benzene rings is 1. The summed E-state index contributed by atoms with van der Waals surface area (Å²) in [7, 11) is 3.42. The molecule has 94 valence electrons. The van der Waals surface area contributed by atoms with Crippen LogP contribution in [0.2, 0.25) is 0 Å². The molecule has 1 aromatic carbocycles. The molecule has 2 rings (SSSR count). The first-order valence-electron chi connectivity index (χ1n) is 5.62. The minimum Gasteiger partial charge on any atom is -0.347 e. The standard InChI is InChI=1S/C13H15N3O2/c1-16(2)12(17)9-14-13-11(8-15-18-13)10-6-4-3-5-7-10/h3-8,14H,9H2,1-2H3. The molecule has 0 aliphatic heterocycles. The van der Waals surface area contributed by atoms with Gasteiger partial charge in [-0.2, -0.15) is 0 Å². The monoisotopic (exact) mass is 245 g/mol. The third-order valence-corrected chi connectivity index (χ3v) is 2.55. The summed E-state index contributed by atoms with van der Waals surface area (Å²) in [6.45, 7) is 0.183. The fraction of sp³-hybridized carbons (Fsp3) is 0.231. The van der Waals surface area contributed by atoms with E-state index >= 15 is 0 Å². The molecular weight excluding hydrogens is 230 g/mol. The molecule has 0 saturated heterocycles. The van der Waals surface area contributed by atoms with E-state index in [-0.39, 0.29) is 12.5 Å². The molecule has 0 radical (unpaired) electrons. The van der Waals surface area contributed by atoms with E-state index in [1.807, 2.05) is 30.3 Å². The fourth-order valence-electron chi connectivity index (χ4n) is 1.50. The van der Waals surface area contributed by atoms with E-state index < -0.39 is 0 Å². The van der Waals surface area contributed by atoms with Gasteiger partial charge in [0.2, 0.25) is 11.8 Å². The molecular formula is C13H15N3O2. The molecule has 2 aromatic rings. The summed E-state index contributed by atoms with van der Waals surface area (Å²) < 4.78 is 5.12. The van der Waals surface area contributed by atoms with Crippen molar-refractivity contribution in [2.45, 2.75) is 0 Å². The maximum absolute atomic E-state index is 11.5. The van der Waals surface area contributed by atoms with Crippen molar-refractivity contribution in [1.82, 2.24) is 10.1 Å². The normalized spacial score (nSPS) is 10.1. The Morgan fingerprint density at radius 1 is 1.33 bits per heavy atom. The van der Waals surface area contributed by atoms with Crippen molar-refractivity contribution in [3.8, 4) is 11.1 Å². The van der Waals surface area contributed by atoms with E-state index in [1.165, 1.54) is 4.90 Å². The molecule has 0 saturated carbocycles. The average Bonchev–Trinajstić information content (AvgIpc) is 2.85. The van der Waals surface area contributed by atoms with E-state index in [2.05, 4.69) is 10.5 Å². The minimum absolute atomic E-state index is 0.0228. The number of hydrogen-bond acceptors (Lipinski definition) is 4. The van der Waals surface area contributed by atoms with Crippen LogP contribution in [-0.4, -0.2) is 36.6 Å². The Balaban J connectivity index is 2.12. The quantitative estimate of drug-likeness (QED) is 0.893. The number of likely N-dealkylation sites (N-methyl/N-ethyl adjacent to an activating group) is 1. The first-order chi connectivity index (χ1) is 8.68. The topological polar surface area (TPSA) is 58.4 Å². The molecule has 5 nitrogen and oxygen atoms in total. The van der Waals surface area contributed by atoms with Gasteiger partial charge in [0, 0.05) is 14.1 Å². The summed E-state index contributed by atoms with van der Waals surface area (Å²) in [6, 6.07) is 9.75. The summed E-state index contributed by atoms with van der Waals surface area (Å²) >= 11 is 0. The van der Waals surface area contributed by atoms with Gasteiger partial charge in [-0.15, -0.1) is 0 Å². The summed E-state index contributed by atoms with van der Waals surface area (Å²) in [6.07, 6.45) is 1.64. The van der Waals surface area contributed by atoms with Crippen LogP contribution < -0.4 is 5.32 Å². The van der Waals surface area contributed by atoms with Gasteiger partial charge in [-0.1, -0.05) is 35.5 Å². The third kappa shape index (κ3) is 2.68. The van der Waals surface area contributed by atoms with Gasteiger partial charge in [0.1, 0.15) is 0 Å². The van der Waals surface area contributed by atoms with Crippen molar-refractivity contribution in [3.05, 3.63) is 36.5 Å². The zero-order valence-corrected chi connectivity index (χ0v) is 10.4. The third-order valence-electron chi connectivity index (χ3n) is 2.55. The summed E-state index contributed by atoms with van der Waals surface area (Å²) in [5.74, 6) is 0.488. The molecule has 1 N–H and O–H groups in total. The highest BCUT2D eigenvalue weighted by Gasteiger charge is 2.11. The van der Waals surface area contributed by atoms with Crippen LogP contribution in [0.15, 0.2) is 41.1 Å². The Morgan fingerprint density at radius 3 is 2.72 bits per heavy atom. The van der Waals surface area contributed by atoms with Crippen LogP contribution in [0.25, 0.3) is 11.1 Å². The average molecular weight is 245 g/mol. The predicted octanol–water partition coefficient (Wildman–Crippen LogP) is 1.84. The number of nitrogens with one attached hydrogen (secondary N) is 1. The van der Waals surface area contributed by atoms with Crippen LogP contribution in [0.3, 0.4) is 0 Å². The Hall–Kier alpha value is -2.30. The van der Waals surface area contributed by atoms with Gasteiger partial charge < -0.3 is 14.7 Å². The SMILES string of the molecule is CN(C)C(=O)CNc1oncc1-c1ccccc1. The second-order valence-corrected chi connectivity index (χ2v) is 4.08. The smallest absolute Gasteiger partial charge is 0.241 e. The lowest BCUT2D eigenvalue weighted by Crippen LogP contribution is -2.28. The van der Waals surface area contributed by atoms with E-state index in [1.54, 1.807) is 20.3 Å². The summed E-state index contributed by atoms with van der Waals surface area (Å²) in [4.78, 5) is 13.0. The maximum atomic E-state index is 11.5. The number of anilines is 1. The molecule has 18 heavy (non-hydrogen) atoms. The molecule has 1 heterocycles. The van der Waals surface area contributed by atoms with Gasteiger partial charge in [0.25, 0.3) is 0 Å². The van der Waals surface area contributed by atoms with Crippen molar-refractivity contribution in [2.75, 3.05) is 26.0 Å². The van der Waals surface area contributed by atoms with E-state index in [0.717, 1.165) is 11.1 Å². The lowest BCUT2D eigenvalue weighted by atomic mass is 10.1. The molecule has 0 atom stereocenters. The number of nitrogens with zero attached hydrogens (tertiary/aromatic N) is 2. The van der Waals surface area contributed by atoms with Crippen LogP contribution >= 0.6 is 0 Å². The van der Waals surface area contributed by atoms with E-state index in [9.17, 15) is 4.79 Å². The Morgan fingerprint density at radius 2 is 2.06 bits per heavy atom. The van der Waals surface area contributed by atoms with Crippen LogP contribution in [-0.2, 0) is 4.79 Å². The first kappa shape index (κ1) is 12.2. The number of amides is 1. The van der Waals surface area contributed by atoms with Crippen LogP contribution in [0.4, 0.5) is 5.88 Å². The van der Waals surface area contributed by atoms with Gasteiger partial charge >= 0.3 is 0 Å². The Kier molecular flexibility index (Phi) is 3.62. The molecule has 0 spiro atoms. The molecule has 1 amide bonds. The Labute approximate surface area is 105 Å². The fourth-order valence-corrected chi connectivity index (χ4v) is 1.50.